The summed E-state index contributed by atoms with van der Waals surface area (Å²) in [5.74, 6) is 1.62. The van der Waals surface area contributed by atoms with Gasteiger partial charge >= 0.3 is 0 Å². The Balaban J connectivity index is 1.39. The van der Waals surface area contributed by atoms with Crippen LogP contribution in [0.1, 0.15) is 42.8 Å². The number of likely N-dealkylation sites (tertiary alicyclic amines) is 1. The first kappa shape index (κ1) is 17.3. The van der Waals surface area contributed by atoms with Crippen LogP contribution in [0.15, 0.2) is 47.3 Å². The smallest absolute Gasteiger partial charge is 0.223 e. The molecule has 0 unspecified atom stereocenters. The fourth-order valence-electron chi connectivity index (χ4n) is 4.60. The number of furan rings is 1. The summed E-state index contributed by atoms with van der Waals surface area (Å²) in [7, 11) is 0. The van der Waals surface area contributed by atoms with Gasteiger partial charge in [0, 0.05) is 55.7 Å². The molecule has 1 saturated heterocycles. The van der Waals surface area contributed by atoms with E-state index in [1.807, 2.05) is 23.2 Å². The lowest BCUT2D eigenvalue weighted by atomic mass is 9.92. The maximum Gasteiger partial charge on any atom is 0.223 e. The number of amides is 1. The van der Waals surface area contributed by atoms with Gasteiger partial charge in [-0.25, -0.2) is 0 Å². The summed E-state index contributed by atoms with van der Waals surface area (Å²) in [6.07, 6.45) is 13.3. The average molecular weight is 375 g/mol. The molecule has 5 heteroatoms. The number of carbonyl (C=O) groups is 1. The van der Waals surface area contributed by atoms with E-state index < -0.39 is 0 Å². The fraction of sp³-hybridized carbons (Fsp3) is 0.391. The van der Waals surface area contributed by atoms with Gasteiger partial charge in [0.2, 0.25) is 5.91 Å². The number of pyridine rings is 1. The van der Waals surface area contributed by atoms with Gasteiger partial charge in [-0.15, -0.1) is 0 Å². The quantitative estimate of drug-likeness (QED) is 0.685. The summed E-state index contributed by atoms with van der Waals surface area (Å²) >= 11 is 0. The summed E-state index contributed by atoms with van der Waals surface area (Å²) in [5.41, 5.74) is 3.67. The minimum atomic E-state index is 0.219. The van der Waals surface area contributed by atoms with Gasteiger partial charge in [0.1, 0.15) is 5.76 Å². The number of hydrogen-bond donors (Lipinski definition) is 0. The molecule has 2 aliphatic rings. The molecule has 5 rings (SSSR count). The number of nitrogens with zero attached hydrogens (tertiary/aromatic N) is 3. The highest BCUT2D eigenvalue weighted by Gasteiger charge is 2.31. The number of allylic oxidation sites excluding steroid dienone is 1. The van der Waals surface area contributed by atoms with Crippen molar-refractivity contribution in [1.29, 1.82) is 0 Å². The maximum absolute atomic E-state index is 12.8. The molecule has 1 aliphatic heterocycles. The summed E-state index contributed by atoms with van der Waals surface area (Å²) in [6, 6.07) is 6.25. The van der Waals surface area contributed by atoms with Crippen LogP contribution in [0.25, 0.3) is 17.0 Å². The highest BCUT2D eigenvalue weighted by molar-refractivity contribution is 5.90. The molecule has 0 spiro atoms. The van der Waals surface area contributed by atoms with Crippen molar-refractivity contribution in [3.63, 3.8) is 0 Å². The monoisotopic (exact) mass is 375 g/mol. The van der Waals surface area contributed by atoms with Crippen molar-refractivity contribution >= 4 is 22.9 Å². The molecule has 0 aromatic carbocycles. The largest absolute Gasteiger partial charge is 0.469 e. The molecule has 0 N–H and O–H groups in total. The number of carbonyl (C=O) groups excluding carboxylic acids is 1. The summed E-state index contributed by atoms with van der Waals surface area (Å²) in [6.45, 7) is 3.91. The van der Waals surface area contributed by atoms with Crippen LogP contribution in [-0.2, 0) is 17.6 Å². The molecule has 28 heavy (non-hydrogen) atoms. The first-order valence-electron chi connectivity index (χ1n) is 10.2. The molecule has 4 heterocycles. The minimum absolute atomic E-state index is 0.219. The van der Waals surface area contributed by atoms with Gasteiger partial charge in [-0.1, -0.05) is 19.1 Å². The van der Waals surface area contributed by atoms with Crippen molar-refractivity contribution in [3.8, 4) is 0 Å². The first-order valence-corrected chi connectivity index (χ1v) is 10.2. The molecular formula is C23H25N3O2. The second-order valence-corrected chi connectivity index (χ2v) is 8.00. The number of rotatable bonds is 4. The van der Waals surface area contributed by atoms with Gasteiger partial charge in [0.05, 0.1) is 23.5 Å². The van der Waals surface area contributed by atoms with Crippen molar-refractivity contribution < 1.29 is 9.21 Å². The molecule has 3 aromatic heterocycles. The third-order valence-electron chi connectivity index (χ3n) is 6.26. The topological polar surface area (TPSA) is 51.3 Å². The Kier molecular flexibility index (Phi) is 4.30. The standard InChI is InChI=1S/C23H25N3O2/c1-16-9-11-25(22(27)8-7-18-4-3-13-28-18)15-21(16)26-12-10-17-14-24-20-6-2-5-19(20)23(17)26/h2-5,10,12-14,16,21H,6-9,11,15H2,1H3/t16-,21+/m1/s1. The molecule has 0 bridgehead atoms. The van der Waals surface area contributed by atoms with Crippen molar-refractivity contribution in [2.75, 3.05) is 13.1 Å². The van der Waals surface area contributed by atoms with Gasteiger partial charge < -0.3 is 13.9 Å². The molecule has 2 atom stereocenters. The zero-order valence-electron chi connectivity index (χ0n) is 16.2. The van der Waals surface area contributed by atoms with Crippen molar-refractivity contribution in [2.24, 2.45) is 5.92 Å². The molecule has 0 saturated carbocycles. The molecular weight excluding hydrogens is 350 g/mol. The van der Waals surface area contributed by atoms with Crippen molar-refractivity contribution in [2.45, 2.75) is 38.6 Å². The summed E-state index contributed by atoms with van der Waals surface area (Å²) in [5, 5.41) is 1.18. The lowest BCUT2D eigenvalue weighted by molar-refractivity contribution is -0.133. The average Bonchev–Trinajstić information content (AvgIpc) is 3.45. The Labute approximate surface area is 164 Å². The zero-order valence-corrected chi connectivity index (χ0v) is 16.2. The molecule has 0 radical (unpaired) electrons. The van der Waals surface area contributed by atoms with E-state index in [1.165, 1.54) is 16.5 Å². The van der Waals surface area contributed by atoms with Gasteiger partial charge in [0.25, 0.3) is 0 Å². The lowest BCUT2D eigenvalue weighted by Gasteiger charge is -2.38. The SMILES string of the molecule is C[C@@H]1CCN(C(=O)CCc2ccco2)C[C@@H]1n1ccc2cnc3c(c21)C=CC3. The van der Waals surface area contributed by atoms with Crippen LogP contribution in [-0.4, -0.2) is 33.4 Å². The van der Waals surface area contributed by atoms with Gasteiger partial charge in [-0.3, -0.25) is 9.78 Å². The van der Waals surface area contributed by atoms with Crippen LogP contribution in [0.2, 0.25) is 0 Å². The van der Waals surface area contributed by atoms with E-state index in [1.54, 1.807) is 6.26 Å². The van der Waals surface area contributed by atoms with Gasteiger partial charge in [0.15, 0.2) is 0 Å². The highest BCUT2D eigenvalue weighted by Crippen LogP contribution is 2.35. The van der Waals surface area contributed by atoms with E-state index in [9.17, 15) is 4.79 Å². The van der Waals surface area contributed by atoms with E-state index in [0.717, 1.165) is 37.4 Å². The number of hydrogen-bond acceptors (Lipinski definition) is 3. The molecule has 3 aromatic rings. The number of fused-ring (bicyclic) bond motifs is 3. The van der Waals surface area contributed by atoms with Crippen molar-refractivity contribution in [1.82, 2.24) is 14.5 Å². The third kappa shape index (κ3) is 2.95. The Morgan fingerprint density at radius 3 is 3.14 bits per heavy atom. The Hall–Kier alpha value is -2.82. The van der Waals surface area contributed by atoms with Crippen molar-refractivity contribution in [3.05, 3.63) is 59.9 Å². The number of aryl methyl sites for hydroxylation is 1. The Morgan fingerprint density at radius 2 is 2.29 bits per heavy atom. The molecule has 1 amide bonds. The maximum atomic E-state index is 12.8. The number of aromatic nitrogens is 2. The summed E-state index contributed by atoms with van der Waals surface area (Å²) in [4.78, 5) is 19.5. The molecule has 1 fully saturated rings. The van der Waals surface area contributed by atoms with Crippen LogP contribution in [0, 0.1) is 5.92 Å². The minimum Gasteiger partial charge on any atom is -0.469 e. The number of piperidine rings is 1. The summed E-state index contributed by atoms with van der Waals surface area (Å²) < 4.78 is 7.76. The Bertz CT molecular complexity index is 1030. The third-order valence-corrected chi connectivity index (χ3v) is 6.26. The molecule has 144 valence electrons. The second kappa shape index (κ2) is 6.97. The Morgan fingerprint density at radius 1 is 1.36 bits per heavy atom. The highest BCUT2D eigenvalue weighted by atomic mass is 16.3. The normalized spacial score (nSPS) is 21.4. The van der Waals surface area contributed by atoms with Crippen LogP contribution in [0.5, 0.6) is 0 Å². The van der Waals surface area contributed by atoms with E-state index >= 15 is 0 Å². The molecule has 1 aliphatic carbocycles. The van der Waals surface area contributed by atoms with Gasteiger partial charge in [-0.2, -0.15) is 0 Å². The molecule has 5 nitrogen and oxygen atoms in total. The van der Waals surface area contributed by atoms with E-state index in [-0.39, 0.29) is 5.91 Å². The second-order valence-electron chi connectivity index (χ2n) is 8.00. The predicted octanol–water partition coefficient (Wildman–Crippen LogP) is 4.24. The van der Waals surface area contributed by atoms with Gasteiger partial charge in [-0.05, 0) is 30.5 Å². The van der Waals surface area contributed by atoms with Crippen LogP contribution in [0.3, 0.4) is 0 Å². The first-order chi connectivity index (χ1) is 13.7. The fourth-order valence-corrected chi connectivity index (χ4v) is 4.60. The van der Waals surface area contributed by atoms with Crippen LogP contribution in [0.4, 0.5) is 0 Å². The predicted molar refractivity (Wildman–Crippen MR) is 109 cm³/mol. The van der Waals surface area contributed by atoms with E-state index in [0.29, 0.717) is 24.8 Å². The zero-order chi connectivity index (χ0) is 19.1. The van der Waals surface area contributed by atoms with Crippen LogP contribution >= 0.6 is 0 Å². The van der Waals surface area contributed by atoms with E-state index in [4.69, 9.17) is 4.42 Å². The van der Waals surface area contributed by atoms with Crippen LogP contribution < -0.4 is 0 Å². The van der Waals surface area contributed by atoms with E-state index in [2.05, 4.69) is 40.9 Å². The lowest BCUT2D eigenvalue weighted by Crippen LogP contribution is -2.44.